The predicted molar refractivity (Wildman–Crippen MR) is 122 cm³/mol. The Bertz CT molecular complexity index is 1050. The van der Waals surface area contributed by atoms with Crippen LogP contribution in [0, 0.1) is 6.92 Å². The summed E-state index contributed by atoms with van der Waals surface area (Å²) < 4.78 is 6.73. The van der Waals surface area contributed by atoms with Gasteiger partial charge in [0, 0.05) is 23.2 Å². The molecule has 0 saturated carbocycles. The van der Waals surface area contributed by atoms with E-state index in [4.69, 9.17) is 4.74 Å². The van der Waals surface area contributed by atoms with Gasteiger partial charge in [-0.05, 0) is 43.7 Å². The molecule has 0 amide bonds. The van der Waals surface area contributed by atoms with Crippen molar-refractivity contribution in [2.24, 2.45) is 0 Å². The number of hydrogen-bond donors (Lipinski definition) is 0. The highest BCUT2D eigenvalue weighted by atomic mass is 32.2. The highest BCUT2D eigenvalue weighted by Gasteiger charge is 2.14. The van der Waals surface area contributed by atoms with Gasteiger partial charge in [0.05, 0.1) is 12.8 Å². The van der Waals surface area contributed by atoms with Crippen LogP contribution in [0.1, 0.15) is 34.1 Å². The fourth-order valence-electron chi connectivity index (χ4n) is 3.04. The predicted octanol–water partition coefficient (Wildman–Crippen LogP) is 5.39. The minimum absolute atomic E-state index is 0.0172. The Kier molecular flexibility index (Phi) is 7.31. The average Bonchev–Trinajstić information content (AvgIpc) is 3.22. The second kappa shape index (κ2) is 10.1. The van der Waals surface area contributed by atoms with Crippen LogP contribution in [0.25, 0.3) is 6.08 Å². The Hall–Kier alpha value is -3.05. The number of esters is 1. The summed E-state index contributed by atoms with van der Waals surface area (Å²) in [6.07, 6.45) is 5.96. The van der Waals surface area contributed by atoms with Gasteiger partial charge in [-0.25, -0.2) is 0 Å². The Morgan fingerprint density at radius 2 is 1.87 bits per heavy atom. The van der Waals surface area contributed by atoms with E-state index in [0.29, 0.717) is 17.8 Å². The van der Waals surface area contributed by atoms with E-state index in [-0.39, 0.29) is 17.0 Å². The fraction of sp³-hybridized carbons (Fsp3) is 0.200. The zero-order valence-electron chi connectivity index (χ0n) is 17.4. The first-order valence-corrected chi connectivity index (χ1v) is 10.6. The molecule has 154 valence electrons. The van der Waals surface area contributed by atoms with E-state index in [2.05, 4.69) is 0 Å². The van der Waals surface area contributed by atoms with Crippen molar-refractivity contribution in [3.05, 3.63) is 95.3 Å². The number of allylic oxidation sites excluding steroid dienone is 1. The van der Waals surface area contributed by atoms with Crippen molar-refractivity contribution in [1.29, 1.82) is 0 Å². The van der Waals surface area contributed by atoms with E-state index >= 15 is 0 Å². The molecular weight excluding hydrogens is 394 g/mol. The van der Waals surface area contributed by atoms with Crippen LogP contribution in [0.3, 0.4) is 0 Å². The number of ketones is 1. The monoisotopic (exact) mass is 419 g/mol. The second-order valence-electron chi connectivity index (χ2n) is 7.00. The first kappa shape index (κ1) is 21.7. The van der Waals surface area contributed by atoms with Crippen LogP contribution in [0.2, 0.25) is 0 Å². The van der Waals surface area contributed by atoms with E-state index < -0.39 is 0 Å². The summed E-state index contributed by atoms with van der Waals surface area (Å²) in [7, 11) is 1.40. The van der Waals surface area contributed by atoms with E-state index in [0.717, 1.165) is 16.0 Å². The van der Waals surface area contributed by atoms with Gasteiger partial charge in [-0.3, -0.25) is 9.59 Å². The van der Waals surface area contributed by atoms with E-state index in [1.807, 2.05) is 97.4 Å². The van der Waals surface area contributed by atoms with Gasteiger partial charge in [0.1, 0.15) is 5.25 Å². The van der Waals surface area contributed by atoms with Crippen molar-refractivity contribution in [2.45, 2.75) is 30.5 Å². The minimum atomic E-state index is -0.260. The van der Waals surface area contributed by atoms with E-state index in [9.17, 15) is 9.59 Å². The van der Waals surface area contributed by atoms with Gasteiger partial charge < -0.3 is 9.30 Å². The molecule has 0 spiro atoms. The maximum absolute atomic E-state index is 12.8. The van der Waals surface area contributed by atoms with Crippen LogP contribution < -0.4 is 0 Å². The molecule has 3 aromatic rings. The third kappa shape index (κ3) is 5.51. The number of thioether (sulfide) groups is 1. The Balaban J connectivity index is 1.67. The van der Waals surface area contributed by atoms with Crippen LogP contribution in [-0.4, -0.2) is 28.7 Å². The molecule has 0 aliphatic rings. The average molecular weight is 420 g/mol. The maximum atomic E-state index is 12.8. The number of carbonyl (C=O) groups is 2. The summed E-state index contributed by atoms with van der Waals surface area (Å²) >= 11 is 1.47. The number of nitrogens with zero attached hydrogens (tertiary/aromatic N) is 1. The standard InChI is InChI=1S/C25H25NO3S/c1-18-11-13-21(14-12-18)24(27)23-10-6-16-26(23)15-5-8-20-7-4-9-22(17-20)30-19(2)25(28)29-3/h4-14,16-17,19H,15H2,1-3H3/b8-5+. The first-order chi connectivity index (χ1) is 14.5. The van der Waals surface area contributed by atoms with Gasteiger partial charge >= 0.3 is 5.97 Å². The lowest BCUT2D eigenvalue weighted by Crippen LogP contribution is -2.14. The molecular formula is C25H25NO3S. The lowest BCUT2D eigenvalue weighted by atomic mass is 10.1. The summed E-state index contributed by atoms with van der Waals surface area (Å²) in [5, 5.41) is -0.260. The Morgan fingerprint density at radius 3 is 2.60 bits per heavy atom. The molecule has 3 rings (SSSR count). The number of rotatable bonds is 8. The zero-order valence-corrected chi connectivity index (χ0v) is 18.2. The van der Waals surface area contributed by atoms with Gasteiger partial charge in [0.25, 0.3) is 0 Å². The smallest absolute Gasteiger partial charge is 0.318 e. The molecule has 4 nitrogen and oxygen atoms in total. The molecule has 0 fully saturated rings. The van der Waals surface area contributed by atoms with Crippen molar-refractivity contribution in [3.8, 4) is 0 Å². The molecule has 0 bridgehead atoms. The molecule has 1 atom stereocenters. The van der Waals surface area contributed by atoms with E-state index in [1.54, 1.807) is 0 Å². The van der Waals surface area contributed by atoms with Crippen LogP contribution in [0.4, 0.5) is 0 Å². The first-order valence-electron chi connectivity index (χ1n) is 9.75. The van der Waals surface area contributed by atoms with Crippen molar-refractivity contribution in [2.75, 3.05) is 7.11 Å². The third-order valence-corrected chi connectivity index (χ3v) is 5.76. The van der Waals surface area contributed by atoms with Crippen molar-refractivity contribution >= 4 is 29.6 Å². The topological polar surface area (TPSA) is 48.3 Å². The lowest BCUT2D eigenvalue weighted by Gasteiger charge is -2.09. The van der Waals surface area contributed by atoms with Crippen molar-refractivity contribution in [3.63, 3.8) is 0 Å². The molecule has 0 saturated heterocycles. The van der Waals surface area contributed by atoms with Gasteiger partial charge in [-0.1, -0.05) is 54.1 Å². The molecule has 0 N–H and O–H groups in total. The zero-order chi connectivity index (χ0) is 21.5. The van der Waals surface area contributed by atoms with Crippen LogP contribution in [0.5, 0.6) is 0 Å². The number of benzene rings is 2. The van der Waals surface area contributed by atoms with Crippen molar-refractivity contribution < 1.29 is 14.3 Å². The van der Waals surface area contributed by atoms with Crippen molar-refractivity contribution in [1.82, 2.24) is 4.57 Å². The second-order valence-corrected chi connectivity index (χ2v) is 8.41. The van der Waals surface area contributed by atoms with Crippen LogP contribution in [-0.2, 0) is 16.1 Å². The minimum Gasteiger partial charge on any atom is -0.468 e. The number of methoxy groups -OCH3 is 1. The van der Waals surface area contributed by atoms with Crippen LogP contribution >= 0.6 is 11.8 Å². The van der Waals surface area contributed by atoms with E-state index in [1.165, 1.54) is 18.9 Å². The number of hydrogen-bond acceptors (Lipinski definition) is 4. The SMILES string of the molecule is COC(=O)C(C)Sc1cccc(/C=C/Cn2cccc2C(=O)c2ccc(C)cc2)c1. The quantitative estimate of drug-likeness (QED) is 0.279. The number of ether oxygens (including phenoxy) is 1. The molecule has 1 heterocycles. The Labute approximate surface area is 181 Å². The number of aromatic nitrogens is 1. The number of carbonyl (C=O) groups excluding carboxylic acids is 2. The molecule has 1 unspecified atom stereocenters. The maximum Gasteiger partial charge on any atom is 0.318 e. The summed E-state index contributed by atoms with van der Waals surface area (Å²) in [4.78, 5) is 25.4. The molecule has 0 radical (unpaired) electrons. The summed E-state index contributed by atoms with van der Waals surface area (Å²) in [5.41, 5.74) is 3.52. The highest BCUT2D eigenvalue weighted by molar-refractivity contribution is 8.00. The fourth-order valence-corrected chi connectivity index (χ4v) is 4.01. The van der Waals surface area contributed by atoms with Gasteiger partial charge in [-0.15, -0.1) is 11.8 Å². The largest absolute Gasteiger partial charge is 0.468 e. The van der Waals surface area contributed by atoms with Gasteiger partial charge in [0.15, 0.2) is 0 Å². The van der Waals surface area contributed by atoms with Gasteiger partial charge in [0.2, 0.25) is 5.78 Å². The lowest BCUT2D eigenvalue weighted by molar-refractivity contribution is -0.139. The molecule has 5 heteroatoms. The third-order valence-electron chi connectivity index (χ3n) is 4.69. The molecule has 0 aliphatic heterocycles. The summed E-state index contributed by atoms with van der Waals surface area (Å²) in [6, 6.07) is 19.4. The number of aryl methyl sites for hydroxylation is 1. The molecule has 2 aromatic carbocycles. The summed E-state index contributed by atoms with van der Waals surface area (Å²) in [5.74, 6) is -0.220. The normalized spacial score (nSPS) is 12.1. The molecule has 30 heavy (non-hydrogen) atoms. The molecule has 0 aliphatic carbocycles. The summed E-state index contributed by atoms with van der Waals surface area (Å²) in [6.45, 7) is 4.43. The molecule has 1 aromatic heterocycles. The van der Waals surface area contributed by atoms with Crippen LogP contribution in [0.15, 0.2) is 77.8 Å². The Morgan fingerprint density at radius 1 is 1.10 bits per heavy atom. The highest BCUT2D eigenvalue weighted by Crippen LogP contribution is 2.25. The van der Waals surface area contributed by atoms with Gasteiger partial charge in [-0.2, -0.15) is 0 Å².